The predicted octanol–water partition coefficient (Wildman–Crippen LogP) is 5.93. The quantitative estimate of drug-likeness (QED) is 0.194. The average Bonchev–Trinajstić information content (AvgIpc) is 3.49. The van der Waals surface area contributed by atoms with Gasteiger partial charge in [0.05, 0.1) is 27.8 Å². The Kier molecular flexibility index (Phi) is 6.63. The van der Waals surface area contributed by atoms with Crippen molar-refractivity contribution in [2.75, 3.05) is 42.9 Å². The van der Waals surface area contributed by atoms with Crippen molar-refractivity contribution in [1.82, 2.24) is 19.9 Å². The van der Waals surface area contributed by atoms with Crippen LogP contribution in [-0.2, 0) is 0 Å². The molecule has 224 valence electrons. The summed E-state index contributed by atoms with van der Waals surface area (Å²) in [7, 11) is 0. The molecular formula is C35H36N6O3. The number of rotatable bonds is 6. The summed E-state index contributed by atoms with van der Waals surface area (Å²) in [6.07, 6.45) is 5.74. The van der Waals surface area contributed by atoms with Gasteiger partial charge in [0.15, 0.2) is 0 Å². The number of H-pyrrole nitrogens is 2. The minimum atomic E-state index is -0.941. The lowest BCUT2D eigenvalue weighted by molar-refractivity contribution is 0.0697. The van der Waals surface area contributed by atoms with Crippen molar-refractivity contribution in [2.24, 2.45) is 5.92 Å². The molecular weight excluding hydrogens is 552 g/mol. The molecule has 0 saturated carbocycles. The first-order valence-electron chi connectivity index (χ1n) is 15.8. The summed E-state index contributed by atoms with van der Waals surface area (Å²) in [4.78, 5) is 42.1. The van der Waals surface area contributed by atoms with Gasteiger partial charge in [0, 0.05) is 42.3 Å². The maximum atomic E-state index is 14.0. The Bertz CT molecular complexity index is 1900. The van der Waals surface area contributed by atoms with Crippen LogP contribution in [0.15, 0.2) is 65.5 Å². The van der Waals surface area contributed by atoms with Crippen LogP contribution in [0.3, 0.4) is 0 Å². The van der Waals surface area contributed by atoms with Crippen LogP contribution in [0.1, 0.15) is 42.5 Å². The van der Waals surface area contributed by atoms with Crippen molar-refractivity contribution in [3.8, 4) is 22.5 Å². The molecule has 9 rings (SSSR count). The molecule has 0 unspecified atom stereocenters. The van der Waals surface area contributed by atoms with Crippen LogP contribution in [0, 0.1) is 5.92 Å². The van der Waals surface area contributed by atoms with E-state index < -0.39 is 5.97 Å². The maximum absolute atomic E-state index is 14.0. The lowest BCUT2D eigenvalue weighted by atomic mass is 9.83. The number of nitrogens with zero attached hydrogens (tertiary/aromatic N) is 3. The molecule has 44 heavy (non-hydrogen) atoms. The van der Waals surface area contributed by atoms with Crippen molar-refractivity contribution in [2.45, 2.75) is 38.1 Å². The van der Waals surface area contributed by atoms with Crippen molar-refractivity contribution in [3.63, 3.8) is 0 Å². The van der Waals surface area contributed by atoms with Gasteiger partial charge in [-0.25, -0.2) is 9.78 Å². The molecule has 4 N–H and O–H groups in total. The van der Waals surface area contributed by atoms with Gasteiger partial charge in [-0.2, -0.15) is 0 Å². The summed E-state index contributed by atoms with van der Waals surface area (Å²) >= 11 is 0. The van der Waals surface area contributed by atoms with Crippen LogP contribution in [0.5, 0.6) is 0 Å². The molecule has 0 radical (unpaired) electrons. The number of para-hydroxylation sites is 2. The van der Waals surface area contributed by atoms with Crippen LogP contribution in [0.4, 0.5) is 11.4 Å². The van der Waals surface area contributed by atoms with Gasteiger partial charge in [-0.15, -0.1) is 0 Å². The number of pyridine rings is 1. The first-order valence-corrected chi connectivity index (χ1v) is 15.8. The summed E-state index contributed by atoms with van der Waals surface area (Å²) in [6, 6.07) is 19.5. The Morgan fingerprint density at radius 1 is 0.909 bits per heavy atom. The molecule has 1 atom stereocenters. The number of aromatic nitrogens is 3. The van der Waals surface area contributed by atoms with Gasteiger partial charge in [0.1, 0.15) is 11.4 Å². The Labute approximate surface area is 254 Å². The third-order valence-electron chi connectivity index (χ3n) is 9.88. The highest BCUT2D eigenvalue weighted by Crippen LogP contribution is 2.41. The molecule has 0 aliphatic carbocycles. The smallest absolute Gasteiger partial charge is 0.335 e. The molecule has 6 heterocycles. The molecule has 4 saturated heterocycles. The number of carboxylic acid groups (broad SMARTS) is 1. The molecule has 2 bridgehead atoms. The van der Waals surface area contributed by atoms with Crippen LogP contribution < -0.4 is 15.8 Å². The number of carbonyl (C=O) groups is 1. The average molecular weight is 589 g/mol. The lowest BCUT2D eigenvalue weighted by Gasteiger charge is -2.45. The van der Waals surface area contributed by atoms with Crippen molar-refractivity contribution < 1.29 is 9.90 Å². The van der Waals surface area contributed by atoms with E-state index in [4.69, 9.17) is 4.98 Å². The second-order valence-corrected chi connectivity index (χ2v) is 12.5. The molecule has 9 nitrogen and oxygen atoms in total. The van der Waals surface area contributed by atoms with E-state index in [0.29, 0.717) is 17.3 Å². The van der Waals surface area contributed by atoms with E-state index in [1.54, 1.807) is 12.1 Å². The van der Waals surface area contributed by atoms with Crippen LogP contribution >= 0.6 is 0 Å². The highest BCUT2D eigenvalue weighted by atomic mass is 16.4. The van der Waals surface area contributed by atoms with Gasteiger partial charge in [-0.05, 0) is 93.1 Å². The third kappa shape index (κ3) is 4.72. The van der Waals surface area contributed by atoms with E-state index in [1.165, 1.54) is 6.42 Å². The number of hydrogen-bond donors (Lipinski definition) is 4. The summed E-state index contributed by atoms with van der Waals surface area (Å²) in [5.41, 5.74) is 6.91. The topological polar surface area (TPSA) is 117 Å². The number of anilines is 2. The number of nitrogens with one attached hydrogen (secondary N) is 3. The van der Waals surface area contributed by atoms with E-state index >= 15 is 0 Å². The fraction of sp³-hybridized carbons (Fsp3) is 0.343. The van der Waals surface area contributed by atoms with Gasteiger partial charge in [0.2, 0.25) is 0 Å². The van der Waals surface area contributed by atoms with Gasteiger partial charge < -0.3 is 30.2 Å². The third-order valence-corrected chi connectivity index (χ3v) is 9.88. The first kappa shape index (κ1) is 27.0. The van der Waals surface area contributed by atoms with E-state index in [9.17, 15) is 14.7 Å². The van der Waals surface area contributed by atoms with Gasteiger partial charge in [0.25, 0.3) is 5.56 Å². The molecule has 9 heteroatoms. The number of fused-ring (bicyclic) bond motifs is 5. The number of carboxylic acids is 1. The van der Waals surface area contributed by atoms with E-state index in [-0.39, 0.29) is 17.2 Å². The Balaban J connectivity index is 1.36. The molecule has 2 aromatic heterocycles. The highest BCUT2D eigenvalue weighted by molar-refractivity contribution is 6.04. The molecule has 4 aliphatic rings. The minimum Gasteiger partial charge on any atom is -0.478 e. The fourth-order valence-corrected chi connectivity index (χ4v) is 7.51. The molecule has 0 amide bonds. The minimum absolute atomic E-state index is 0.177. The summed E-state index contributed by atoms with van der Waals surface area (Å²) in [6.45, 7) is 5.10. The van der Waals surface area contributed by atoms with Crippen LogP contribution in [0.2, 0.25) is 0 Å². The van der Waals surface area contributed by atoms with Gasteiger partial charge >= 0.3 is 5.97 Å². The second kappa shape index (κ2) is 10.8. The number of aromatic amines is 2. The predicted molar refractivity (Wildman–Crippen MR) is 175 cm³/mol. The zero-order valence-electron chi connectivity index (χ0n) is 24.6. The fourth-order valence-electron chi connectivity index (χ4n) is 7.51. The summed E-state index contributed by atoms with van der Waals surface area (Å²) in [5, 5.41) is 14.4. The molecule has 5 aromatic rings. The number of aromatic carboxylic acids is 1. The lowest BCUT2D eigenvalue weighted by Crippen LogP contribution is -2.53. The van der Waals surface area contributed by atoms with Crippen LogP contribution in [0.25, 0.3) is 44.5 Å². The molecule has 3 aromatic carbocycles. The zero-order chi connectivity index (χ0) is 29.8. The standard InChI is InChI=1S/C35H36N6O3/c42-34-31(33-37-26-6-2-3-7-27(26)38-33)32(36-29-20-40-16-12-22(29)13-17-40)25-18-24(21-8-10-23(11-9-21)35(43)44)30(19-28(25)39-34)41-14-4-1-5-15-41/h2-3,6-11,18-19,22,29H,1,4-5,12-17,20H2,(H,37,38)(H,43,44)(H2,36,39,42)/t29-/m1/s1. The first-order chi connectivity index (χ1) is 21.5. The van der Waals surface area contributed by atoms with E-state index in [1.807, 2.05) is 36.4 Å². The number of hydrogen-bond acceptors (Lipinski definition) is 6. The van der Waals surface area contributed by atoms with Crippen molar-refractivity contribution >= 4 is 39.3 Å². The molecule has 4 aliphatic heterocycles. The Morgan fingerprint density at radius 2 is 1.68 bits per heavy atom. The number of benzene rings is 3. The Hall–Kier alpha value is -4.63. The van der Waals surface area contributed by atoms with Gasteiger partial charge in [-0.1, -0.05) is 24.3 Å². The summed E-state index contributed by atoms with van der Waals surface area (Å²) < 4.78 is 0. The van der Waals surface area contributed by atoms with E-state index in [2.05, 4.69) is 37.2 Å². The monoisotopic (exact) mass is 588 g/mol. The van der Waals surface area contributed by atoms with E-state index in [0.717, 1.165) is 103 Å². The SMILES string of the molecule is O=C(O)c1ccc(-c2cc3c(N[C@@H]4CN5CCC4CC5)c(-c4nc5ccccc5[nH]4)c(=O)[nH]c3cc2N2CCCCC2)cc1. The summed E-state index contributed by atoms with van der Waals surface area (Å²) in [5.74, 6) is 0.155. The van der Waals surface area contributed by atoms with Gasteiger partial charge in [-0.3, -0.25) is 4.79 Å². The number of imidazole rings is 1. The van der Waals surface area contributed by atoms with Crippen LogP contribution in [-0.4, -0.2) is 69.7 Å². The van der Waals surface area contributed by atoms with Crippen molar-refractivity contribution in [3.05, 3.63) is 76.6 Å². The molecule has 0 spiro atoms. The second-order valence-electron chi connectivity index (χ2n) is 12.5. The zero-order valence-corrected chi connectivity index (χ0v) is 24.6. The number of piperidine rings is 4. The molecule has 4 fully saturated rings. The highest BCUT2D eigenvalue weighted by Gasteiger charge is 2.35. The maximum Gasteiger partial charge on any atom is 0.335 e. The normalized spacial score (nSPS) is 21.6. The Morgan fingerprint density at radius 3 is 2.39 bits per heavy atom. The largest absolute Gasteiger partial charge is 0.478 e. The van der Waals surface area contributed by atoms with Crippen molar-refractivity contribution in [1.29, 1.82) is 0 Å².